The van der Waals surface area contributed by atoms with Crippen LogP contribution in [0.1, 0.15) is 93.9 Å². The van der Waals surface area contributed by atoms with E-state index in [9.17, 15) is 0 Å². The van der Waals surface area contributed by atoms with Gasteiger partial charge < -0.3 is 9.16 Å². The summed E-state index contributed by atoms with van der Waals surface area (Å²) in [4.78, 5) is 11.7. The van der Waals surface area contributed by atoms with Crippen LogP contribution in [0.25, 0.3) is 0 Å². The summed E-state index contributed by atoms with van der Waals surface area (Å²) in [5, 5.41) is 0. The van der Waals surface area contributed by atoms with E-state index in [1.54, 1.807) is 7.11 Å². The van der Waals surface area contributed by atoms with Gasteiger partial charge in [0, 0.05) is 32.5 Å². The van der Waals surface area contributed by atoms with E-state index >= 15 is 0 Å². The summed E-state index contributed by atoms with van der Waals surface area (Å²) in [6, 6.07) is 0. The van der Waals surface area contributed by atoms with Gasteiger partial charge >= 0.3 is 0 Å². The number of ether oxygens (including phenoxy) is 1. The van der Waals surface area contributed by atoms with E-state index in [-0.39, 0.29) is 6.10 Å². The molecule has 0 amide bonds. The Labute approximate surface area is 193 Å². The molecule has 0 aromatic carbocycles. The molecule has 1 fully saturated rings. The molecule has 1 aliphatic rings. The molecule has 1 aliphatic heterocycles. The molecule has 0 aromatic rings. The quantitative estimate of drug-likeness (QED) is 0.115. The van der Waals surface area contributed by atoms with E-state index in [1.807, 2.05) is 0 Å². The average molecular weight is 455 g/mol. The van der Waals surface area contributed by atoms with Crippen LogP contribution in [0.4, 0.5) is 0 Å². The Morgan fingerprint density at radius 3 is 2.10 bits per heavy atom. The van der Waals surface area contributed by atoms with Crippen LogP contribution in [0.5, 0.6) is 0 Å². The van der Waals surface area contributed by atoms with Crippen molar-refractivity contribution in [1.29, 1.82) is 0 Å². The molecule has 31 heavy (non-hydrogen) atoms. The van der Waals surface area contributed by atoms with Gasteiger partial charge in [-0.2, -0.15) is 0 Å². The Morgan fingerprint density at radius 2 is 1.61 bits per heavy atom. The minimum Gasteiger partial charge on any atom is -0.416 e. The van der Waals surface area contributed by atoms with Crippen molar-refractivity contribution in [1.82, 2.24) is 0 Å². The molecule has 0 radical (unpaired) electrons. The summed E-state index contributed by atoms with van der Waals surface area (Å²) in [5.74, 6) is -0.317. The van der Waals surface area contributed by atoms with Gasteiger partial charge in [0.25, 0.3) is 0 Å². The van der Waals surface area contributed by atoms with Crippen LogP contribution in [0.2, 0.25) is 16.6 Å². The van der Waals surface area contributed by atoms with Crippen LogP contribution in [-0.2, 0) is 18.9 Å². The molecule has 3 atom stereocenters. The number of methoxy groups -OCH3 is 1. The van der Waals surface area contributed by atoms with Crippen LogP contribution in [0.15, 0.2) is 24.3 Å². The molecule has 0 N–H and O–H groups in total. The van der Waals surface area contributed by atoms with Gasteiger partial charge in [0.05, 0.1) is 6.10 Å². The predicted molar refractivity (Wildman–Crippen MR) is 134 cm³/mol. The minimum absolute atomic E-state index is 0.0561. The summed E-state index contributed by atoms with van der Waals surface area (Å²) in [7, 11) is -0.130. The second-order valence-electron chi connectivity index (χ2n) is 10.1. The average Bonchev–Trinajstić information content (AvgIpc) is 2.73. The van der Waals surface area contributed by atoms with Crippen molar-refractivity contribution in [2.45, 2.75) is 122 Å². The van der Waals surface area contributed by atoms with E-state index in [4.69, 9.17) is 18.9 Å². The Hall–Kier alpha value is -0.463. The Balaban J connectivity index is 2.56. The molecule has 0 bridgehead atoms. The zero-order valence-corrected chi connectivity index (χ0v) is 22.8. The summed E-state index contributed by atoms with van der Waals surface area (Å²) < 4.78 is 12.5. The molecule has 0 saturated carbocycles. The van der Waals surface area contributed by atoms with E-state index in [0.29, 0.717) is 22.5 Å². The van der Waals surface area contributed by atoms with Crippen molar-refractivity contribution in [3.05, 3.63) is 24.3 Å². The predicted octanol–water partition coefficient (Wildman–Crippen LogP) is 7.96. The molecule has 0 aromatic heterocycles. The molecule has 1 heterocycles. The molecule has 0 spiro atoms. The van der Waals surface area contributed by atoms with Crippen LogP contribution in [0.3, 0.4) is 0 Å². The van der Waals surface area contributed by atoms with E-state index in [2.05, 4.69) is 79.7 Å². The molecule has 182 valence electrons. The van der Waals surface area contributed by atoms with Gasteiger partial charge in [0.1, 0.15) is 0 Å². The Kier molecular flexibility index (Phi) is 12.8. The first-order chi connectivity index (χ1) is 14.6. The summed E-state index contributed by atoms with van der Waals surface area (Å²) in [6.45, 7) is 19.1. The molecule has 1 saturated heterocycles. The third-order valence-corrected chi connectivity index (χ3v) is 13.1. The topological polar surface area (TPSA) is 36.9 Å². The maximum Gasteiger partial charge on any atom is 0.201 e. The first kappa shape index (κ1) is 28.6. The maximum atomic E-state index is 6.79. The smallest absolute Gasteiger partial charge is 0.201 e. The third-order valence-electron chi connectivity index (χ3n) is 6.99. The maximum absolute atomic E-state index is 6.79. The van der Waals surface area contributed by atoms with Gasteiger partial charge in [-0.05, 0) is 42.3 Å². The molecular formula is C26H50O4Si. The molecular weight excluding hydrogens is 404 g/mol. The first-order valence-corrected chi connectivity index (χ1v) is 14.6. The SMILES string of the molecule is CC/C=C/C=C/CCC[C@]1(OC)CC[C@@H]([C@@H](C)CO[Si](C(C)C)(C(C)C)C(C)C)OO1. The van der Waals surface area contributed by atoms with Gasteiger partial charge in [-0.15, -0.1) is 0 Å². The fourth-order valence-electron chi connectivity index (χ4n) is 5.15. The van der Waals surface area contributed by atoms with Crippen molar-refractivity contribution < 1.29 is 18.9 Å². The summed E-state index contributed by atoms with van der Waals surface area (Å²) in [5.41, 5.74) is 1.78. The highest BCUT2D eigenvalue weighted by Gasteiger charge is 2.46. The van der Waals surface area contributed by atoms with E-state index < -0.39 is 14.1 Å². The number of unbranched alkanes of at least 4 members (excludes halogenated alkanes) is 1. The summed E-state index contributed by atoms with van der Waals surface area (Å²) >= 11 is 0. The van der Waals surface area contributed by atoms with Crippen molar-refractivity contribution in [2.75, 3.05) is 13.7 Å². The van der Waals surface area contributed by atoms with Gasteiger partial charge in [-0.3, -0.25) is 0 Å². The zero-order valence-electron chi connectivity index (χ0n) is 21.8. The zero-order chi connectivity index (χ0) is 23.5. The minimum atomic E-state index is -1.86. The second kappa shape index (κ2) is 13.9. The molecule has 0 aliphatic carbocycles. The number of hydrogen-bond acceptors (Lipinski definition) is 4. The monoisotopic (exact) mass is 454 g/mol. The largest absolute Gasteiger partial charge is 0.416 e. The van der Waals surface area contributed by atoms with Crippen LogP contribution in [-0.4, -0.2) is 33.9 Å². The number of rotatable bonds is 14. The van der Waals surface area contributed by atoms with Gasteiger partial charge in [-0.25, -0.2) is 9.78 Å². The molecule has 0 unspecified atom stereocenters. The lowest BCUT2D eigenvalue weighted by Crippen LogP contribution is -2.50. The van der Waals surface area contributed by atoms with E-state index in [0.717, 1.165) is 45.1 Å². The van der Waals surface area contributed by atoms with Crippen LogP contribution < -0.4 is 0 Å². The lowest BCUT2D eigenvalue weighted by atomic mass is 9.94. The first-order valence-electron chi connectivity index (χ1n) is 12.5. The lowest BCUT2D eigenvalue weighted by Gasteiger charge is -2.44. The van der Waals surface area contributed by atoms with Crippen LogP contribution in [0, 0.1) is 5.92 Å². The van der Waals surface area contributed by atoms with E-state index in [1.165, 1.54) is 0 Å². The highest BCUT2D eigenvalue weighted by molar-refractivity contribution is 6.77. The molecule has 5 heteroatoms. The number of allylic oxidation sites excluding steroid dienone is 4. The Bertz CT molecular complexity index is 512. The van der Waals surface area contributed by atoms with Crippen molar-refractivity contribution >= 4 is 8.32 Å². The lowest BCUT2D eigenvalue weighted by molar-refractivity contribution is -0.471. The third kappa shape index (κ3) is 8.11. The van der Waals surface area contributed by atoms with Gasteiger partial charge in [0.15, 0.2) is 8.32 Å². The van der Waals surface area contributed by atoms with Crippen molar-refractivity contribution in [3.63, 3.8) is 0 Å². The highest BCUT2D eigenvalue weighted by atomic mass is 28.4. The van der Waals surface area contributed by atoms with Crippen LogP contribution >= 0.6 is 0 Å². The fourth-order valence-corrected chi connectivity index (χ4v) is 10.7. The second-order valence-corrected chi connectivity index (χ2v) is 15.6. The molecule has 1 rings (SSSR count). The van der Waals surface area contributed by atoms with Crippen molar-refractivity contribution in [2.24, 2.45) is 5.92 Å². The summed E-state index contributed by atoms with van der Waals surface area (Å²) in [6.07, 6.45) is 14.4. The number of hydrogen-bond donors (Lipinski definition) is 0. The standard InChI is InChI=1S/C26H50O4Si/c1-10-11-12-13-14-15-16-18-26(27-9)19-17-25(29-30-26)24(8)20-28-31(21(2)3,22(4)5)23(6)7/h11-14,21-25H,10,15-20H2,1-9H3/b12-11+,14-13+/t24-,25-,26+/m0/s1. The molecule has 4 nitrogen and oxygen atoms in total. The fraction of sp³-hybridized carbons (Fsp3) is 0.846. The highest BCUT2D eigenvalue weighted by Crippen LogP contribution is 2.43. The normalized spacial score (nSPS) is 24.3. The van der Waals surface area contributed by atoms with Gasteiger partial charge in [0.2, 0.25) is 5.79 Å². The Morgan fingerprint density at radius 1 is 1.00 bits per heavy atom. The van der Waals surface area contributed by atoms with Crippen molar-refractivity contribution in [3.8, 4) is 0 Å². The van der Waals surface area contributed by atoms with Gasteiger partial charge in [-0.1, -0.05) is 79.7 Å².